The molecule has 0 spiro atoms. The molecule has 0 aromatic heterocycles. The number of carbonyl (C=O) groups is 1. The molecule has 18 heavy (non-hydrogen) atoms. The molecule has 0 amide bonds. The number of oxime groups is 1. The smallest absolute Gasteiger partial charge is 0.214 e. The number of fused-ring (bicyclic) bond motifs is 1. The summed E-state index contributed by atoms with van der Waals surface area (Å²) in [6, 6.07) is 1.76. The largest absolute Gasteiger partial charge is 0.496 e. The number of benzene rings is 1. The molecular weight excluding hydrogens is 234 g/mol. The highest BCUT2D eigenvalue weighted by atomic mass is 16.5. The van der Waals surface area contributed by atoms with Crippen molar-refractivity contribution in [3.63, 3.8) is 0 Å². The summed E-state index contributed by atoms with van der Waals surface area (Å²) in [4.78, 5) is 12.2. The van der Waals surface area contributed by atoms with E-state index in [0.29, 0.717) is 29.9 Å². The predicted molar refractivity (Wildman–Crippen MR) is 66.2 cm³/mol. The molecule has 2 rings (SSSR count). The molecule has 0 saturated heterocycles. The highest BCUT2D eigenvalue weighted by Gasteiger charge is 2.30. The van der Waals surface area contributed by atoms with Crippen LogP contribution in [0.4, 0.5) is 0 Å². The van der Waals surface area contributed by atoms with E-state index in [2.05, 4.69) is 5.16 Å². The molecule has 1 aromatic carbocycles. The maximum atomic E-state index is 12.2. The van der Waals surface area contributed by atoms with Gasteiger partial charge in [0, 0.05) is 12.0 Å². The van der Waals surface area contributed by atoms with Gasteiger partial charge in [-0.05, 0) is 25.0 Å². The average Bonchev–Trinajstić information content (AvgIpc) is 2.38. The van der Waals surface area contributed by atoms with Gasteiger partial charge in [-0.25, -0.2) is 0 Å². The van der Waals surface area contributed by atoms with Crippen molar-refractivity contribution in [2.24, 2.45) is 5.16 Å². The Kier molecular flexibility index (Phi) is 3.23. The molecule has 1 N–H and O–H groups in total. The van der Waals surface area contributed by atoms with Crippen molar-refractivity contribution in [2.45, 2.75) is 19.8 Å². The van der Waals surface area contributed by atoms with Crippen LogP contribution in [0.5, 0.6) is 11.5 Å². The quantitative estimate of drug-likeness (QED) is 0.642. The molecule has 0 unspecified atom stereocenters. The molecule has 0 aliphatic heterocycles. The Morgan fingerprint density at radius 1 is 1.28 bits per heavy atom. The highest BCUT2D eigenvalue weighted by molar-refractivity contribution is 6.47. The van der Waals surface area contributed by atoms with Gasteiger partial charge in [0.25, 0.3) is 0 Å². The SMILES string of the molecule is COc1cc(C)c(OC)c2c1C(=O)/C(=N\O)CC2. The molecule has 0 radical (unpaired) electrons. The first-order valence-electron chi connectivity index (χ1n) is 5.64. The zero-order chi connectivity index (χ0) is 13.3. The standard InChI is InChI=1S/C13H15NO4/c1-7-6-10(17-2)11-8(13(7)18-3)4-5-9(14-16)12(11)15/h6,16H,4-5H2,1-3H3/b14-9-. The Labute approximate surface area is 105 Å². The van der Waals surface area contributed by atoms with Crippen LogP contribution < -0.4 is 9.47 Å². The van der Waals surface area contributed by atoms with Crippen LogP contribution in [0.2, 0.25) is 0 Å². The van der Waals surface area contributed by atoms with Gasteiger partial charge in [0.2, 0.25) is 5.78 Å². The van der Waals surface area contributed by atoms with E-state index in [0.717, 1.165) is 11.1 Å². The van der Waals surface area contributed by atoms with Crippen molar-refractivity contribution in [3.8, 4) is 11.5 Å². The number of rotatable bonds is 2. The first-order chi connectivity index (χ1) is 8.63. The highest BCUT2D eigenvalue weighted by Crippen LogP contribution is 2.37. The lowest BCUT2D eigenvalue weighted by atomic mass is 9.86. The molecule has 0 heterocycles. The van der Waals surface area contributed by atoms with Crippen molar-refractivity contribution in [3.05, 3.63) is 22.8 Å². The van der Waals surface area contributed by atoms with Crippen molar-refractivity contribution in [2.75, 3.05) is 14.2 Å². The molecule has 1 aliphatic rings. The van der Waals surface area contributed by atoms with E-state index in [1.807, 2.05) is 6.92 Å². The van der Waals surface area contributed by atoms with Gasteiger partial charge in [0.15, 0.2) is 0 Å². The summed E-state index contributed by atoms with van der Waals surface area (Å²) in [5, 5.41) is 11.9. The molecule has 0 fully saturated rings. The number of hydrogen-bond acceptors (Lipinski definition) is 5. The minimum Gasteiger partial charge on any atom is -0.496 e. The third-order valence-electron chi connectivity index (χ3n) is 3.17. The predicted octanol–water partition coefficient (Wildman–Crippen LogP) is 1.97. The van der Waals surface area contributed by atoms with Gasteiger partial charge in [-0.2, -0.15) is 0 Å². The van der Waals surface area contributed by atoms with Gasteiger partial charge in [-0.1, -0.05) is 5.16 Å². The first kappa shape index (κ1) is 12.4. The molecule has 1 aliphatic carbocycles. The minimum absolute atomic E-state index is 0.159. The minimum atomic E-state index is -0.297. The Hall–Kier alpha value is -2.04. The number of ether oxygens (including phenoxy) is 2. The van der Waals surface area contributed by atoms with Crippen LogP contribution in [0.1, 0.15) is 27.9 Å². The number of ketones is 1. The molecule has 0 saturated carbocycles. The molecule has 1 aromatic rings. The lowest BCUT2D eigenvalue weighted by Gasteiger charge is -2.22. The van der Waals surface area contributed by atoms with Crippen LogP contribution in [0, 0.1) is 6.92 Å². The first-order valence-corrected chi connectivity index (χ1v) is 5.64. The van der Waals surface area contributed by atoms with Crippen molar-refractivity contribution >= 4 is 11.5 Å². The summed E-state index contributed by atoms with van der Waals surface area (Å²) >= 11 is 0. The normalized spacial score (nSPS) is 16.6. The second-order valence-corrected chi connectivity index (χ2v) is 4.16. The van der Waals surface area contributed by atoms with Gasteiger partial charge in [0.05, 0.1) is 19.8 Å². The summed E-state index contributed by atoms with van der Waals surface area (Å²) < 4.78 is 10.6. The lowest BCUT2D eigenvalue weighted by Crippen LogP contribution is -2.24. The Bertz CT molecular complexity index is 534. The Balaban J connectivity index is 2.72. The zero-order valence-electron chi connectivity index (χ0n) is 10.6. The topological polar surface area (TPSA) is 68.1 Å². The van der Waals surface area contributed by atoms with Gasteiger partial charge >= 0.3 is 0 Å². The second kappa shape index (κ2) is 4.68. The van der Waals surface area contributed by atoms with Crippen molar-refractivity contribution in [1.82, 2.24) is 0 Å². The van der Waals surface area contributed by atoms with Crippen LogP contribution in [0.25, 0.3) is 0 Å². The number of nitrogens with zero attached hydrogens (tertiary/aromatic N) is 1. The molecule has 0 atom stereocenters. The van der Waals surface area contributed by atoms with Crippen molar-refractivity contribution < 1.29 is 19.5 Å². The molecule has 5 heteroatoms. The van der Waals surface area contributed by atoms with Gasteiger partial charge in [-0.3, -0.25) is 4.79 Å². The third kappa shape index (κ3) is 1.72. The Morgan fingerprint density at radius 2 is 2.00 bits per heavy atom. The summed E-state index contributed by atoms with van der Waals surface area (Å²) in [5.74, 6) is 0.902. The van der Waals surface area contributed by atoms with Crippen molar-refractivity contribution in [1.29, 1.82) is 0 Å². The fourth-order valence-electron chi connectivity index (χ4n) is 2.36. The van der Waals surface area contributed by atoms with Crippen LogP contribution in [0.15, 0.2) is 11.2 Å². The average molecular weight is 249 g/mol. The fraction of sp³-hybridized carbons (Fsp3) is 0.385. The number of hydrogen-bond donors (Lipinski definition) is 1. The van der Waals surface area contributed by atoms with E-state index < -0.39 is 0 Å². The fourth-order valence-corrected chi connectivity index (χ4v) is 2.36. The third-order valence-corrected chi connectivity index (χ3v) is 3.17. The van der Waals surface area contributed by atoms with Gasteiger partial charge in [0.1, 0.15) is 17.2 Å². The second-order valence-electron chi connectivity index (χ2n) is 4.16. The monoisotopic (exact) mass is 249 g/mol. The summed E-state index contributed by atoms with van der Waals surface area (Å²) in [6.07, 6.45) is 1.01. The Morgan fingerprint density at radius 3 is 2.56 bits per heavy atom. The van der Waals surface area contributed by atoms with E-state index in [9.17, 15) is 4.79 Å². The zero-order valence-corrected chi connectivity index (χ0v) is 10.6. The van der Waals surface area contributed by atoms with Gasteiger partial charge in [-0.15, -0.1) is 0 Å². The van der Waals surface area contributed by atoms with Crippen LogP contribution in [-0.2, 0) is 6.42 Å². The van der Waals surface area contributed by atoms with E-state index in [-0.39, 0.29) is 11.5 Å². The summed E-state index contributed by atoms with van der Waals surface area (Å²) in [7, 11) is 3.09. The number of Topliss-reactive ketones (excluding diaryl/α,β-unsaturated/α-hetero) is 1. The van der Waals surface area contributed by atoms with E-state index in [4.69, 9.17) is 14.7 Å². The summed E-state index contributed by atoms with van der Waals surface area (Å²) in [5.41, 5.74) is 2.35. The maximum absolute atomic E-state index is 12.2. The number of methoxy groups -OCH3 is 2. The number of carbonyl (C=O) groups excluding carboxylic acids is 1. The molecule has 96 valence electrons. The van der Waals surface area contributed by atoms with E-state index in [1.165, 1.54) is 7.11 Å². The van der Waals surface area contributed by atoms with Crippen LogP contribution >= 0.6 is 0 Å². The maximum Gasteiger partial charge on any atom is 0.214 e. The molecule has 5 nitrogen and oxygen atoms in total. The van der Waals surface area contributed by atoms with Crippen LogP contribution in [0.3, 0.4) is 0 Å². The van der Waals surface area contributed by atoms with Gasteiger partial charge < -0.3 is 14.7 Å². The number of aryl methyl sites for hydroxylation is 1. The lowest BCUT2D eigenvalue weighted by molar-refractivity contribution is 0.105. The molecular formula is C13H15NO4. The van der Waals surface area contributed by atoms with E-state index >= 15 is 0 Å². The summed E-state index contributed by atoms with van der Waals surface area (Å²) in [6.45, 7) is 1.90. The van der Waals surface area contributed by atoms with E-state index in [1.54, 1.807) is 13.2 Å². The van der Waals surface area contributed by atoms with Crippen LogP contribution in [-0.4, -0.2) is 30.9 Å². The molecule has 0 bridgehead atoms.